The van der Waals surface area contributed by atoms with Crippen molar-refractivity contribution in [1.82, 2.24) is 4.98 Å². The fourth-order valence-electron chi connectivity index (χ4n) is 1.80. The maximum absolute atomic E-state index is 11.9. The van der Waals surface area contributed by atoms with Gasteiger partial charge in [0.1, 0.15) is 11.6 Å². The number of nitrogens with zero attached hydrogens (tertiary/aromatic N) is 2. The molecule has 0 bridgehead atoms. The third kappa shape index (κ3) is 3.22. The molecular formula is C16H10N2O2S2. The molecule has 108 valence electrons. The number of benzene rings is 1. The van der Waals surface area contributed by atoms with Crippen molar-refractivity contribution in [3.8, 4) is 16.6 Å². The van der Waals surface area contributed by atoms with Gasteiger partial charge in [-0.15, -0.1) is 11.3 Å². The molecule has 2 heterocycles. The molecule has 3 rings (SSSR count). The summed E-state index contributed by atoms with van der Waals surface area (Å²) in [4.78, 5) is 16.4. The Labute approximate surface area is 135 Å². The lowest BCUT2D eigenvalue weighted by Gasteiger charge is -2.02. The Bertz CT molecular complexity index is 815. The van der Waals surface area contributed by atoms with Crippen LogP contribution in [-0.2, 0) is 11.3 Å². The van der Waals surface area contributed by atoms with Crippen LogP contribution in [0.15, 0.2) is 46.5 Å². The summed E-state index contributed by atoms with van der Waals surface area (Å²) in [5.41, 5.74) is 2.75. The van der Waals surface area contributed by atoms with Crippen LogP contribution in [0.5, 0.6) is 0 Å². The van der Waals surface area contributed by atoms with Crippen LogP contribution in [0.4, 0.5) is 0 Å². The van der Waals surface area contributed by atoms with E-state index in [2.05, 4.69) is 4.98 Å². The monoisotopic (exact) mass is 326 g/mol. The minimum Gasteiger partial charge on any atom is -0.456 e. The van der Waals surface area contributed by atoms with E-state index >= 15 is 0 Å². The molecule has 6 heteroatoms. The summed E-state index contributed by atoms with van der Waals surface area (Å²) in [7, 11) is 0. The number of rotatable bonds is 4. The average Bonchev–Trinajstić information content (AvgIpc) is 3.23. The summed E-state index contributed by atoms with van der Waals surface area (Å²) >= 11 is 3.15. The SMILES string of the molecule is N#Cc1ccc(C(=O)OCc2csc(-c3ccsc3)n2)cc1. The molecular weight excluding hydrogens is 316 g/mol. The second kappa shape index (κ2) is 6.52. The normalized spacial score (nSPS) is 10.1. The standard InChI is InChI=1S/C16H10N2O2S2/c17-7-11-1-3-12(4-2-11)16(19)20-8-14-10-22-15(18-14)13-5-6-21-9-13/h1-6,9-10H,8H2. The number of carbonyl (C=O) groups is 1. The van der Waals surface area contributed by atoms with Crippen LogP contribution in [0.1, 0.15) is 21.6 Å². The first-order chi connectivity index (χ1) is 10.8. The van der Waals surface area contributed by atoms with Crippen LogP contribution in [0.3, 0.4) is 0 Å². The van der Waals surface area contributed by atoms with Crippen LogP contribution < -0.4 is 0 Å². The summed E-state index contributed by atoms with van der Waals surface area (Å²) in [6, 6.07) is 10.4. The van der Waals surface area contributed by atoms with E-state index in [0.717, 1.165) is 16.3 Å². The molecule has 0 N–H and O–H groups in total. The Morgan fingerprint density at radius 2 is 2.05 bits per heavy atom. The molecule has 1 aromatic carbocycles. The highest BCUT2D eigenvalue weighted by Gasteiger charge is 2.10. The number of nitriles is 1. The van der Waals surface area contributed by atoms with Gasteiger partial charge in [-0.25, -0.2) is 9.78 Å². The average molecular weight is 326 g/mol. The number of carbonyl (C=O) groups excluding carboxylic acids is 1. The summed E-state index contributed by atoms with van der Waals surface area (Å²) in [5, 5.41) is 15.6. The van der Waals surface area contributed by atoms with Crippen molar-refractivity contribution in [3.63, 3.8) is 0 Å². The van der Waals surface area contributed by atoms with Crippen molar-refractivity contribution in [2.45, 2.75) is 6.61 Å². The maximum atomic E-state index is 11.9. The number of thiophene rings is 1. The number of hydrogen-bond donors (Lipinski definition) is 0. The molecule has 0 unspecified atom stereocenters. The Hall–Kier alpha value is -2.49. The topological polar surface area (TPSA) is 63.0 Å². The van der Waals surface area contributed by atoms with Crippen molar-refractivity contribution in [1.29, 1.82) is 5.26 Å². The Kier molecular flexibility index (Phi) is 4.28. The van der Waals surface area contributed by atoms with Crippen molar-refractivity contribution in [2.24, 2.45) is 0 Å². The number of aromatic nitrogens is 1. The lowest BCUT2D eigenvalue weighted by atomic mass is 10.1. The van der Waals surface area contributed by atoms with Gasteiger partial charge in [-0.1, -0.05) is 0 Å². The molecule has 0 saturated heterocycles. The quantitative estimate of drug-likeness (QED) is 0.677. The minimum absolute atomic E-state index is 0.138. The third-order valence-electron chi connectivity index (χ3n) is 2.92. The van der Waals surface area contributed by atoms with Gasteiger partial charge in [0.2, 0.25) is 0 Å². The van der Waals surface area contributed by atoms with E-state index in [-0.39, 0.29) is 6.61 Å². The van der Waals surface area contributed by atoms with E-state index in [1.807, 2.05) is 28.3 Å². The van der Waals surface area contributed by atoms with Crippen LogP contribution in [-0.4, -0.2) is 11.0 Å². The highest BCUT2D eigenvalue weighted by Crippen LogP contribution is 2.25. The first-order valence-corrected chi connectivity index (χ1v) is 8.23. The molecule has 2 aromatic heterocycles. The van der Waals surface area contributed by atoms with Gasteiger partial charge in [0.05, 0.1) is 22.9 Å². The molecule has 0 atom stereocenters. The van der Waals surface area contributed by atoms with Gasteiger partial charge in [0, 0.05) is 16.3 Å². The zero-order valence-electron chi connectivity index (χ0n) is 11.4. The summed E-state index contributed by atoms with van der Waals surface area (Å²) in [6.45, 7) is 0.138. The number of ether oxygens (including phenoxy) is 1. The lowest BCUT2D eigenvalue weighted by Crippen LogP contribution is -2.05. The molecule has 0 radical (unpaired) electrons. The minimum atomic E-state index is -0.422. The van der Waals surface area contributed by atoms with E-state index < -0.39 is 5.97 Å². The fraction of sp³-hybridized carbons (Fsp3) is 0.0625. The zero-order valence-corrected chi connectivity index (χ0v) is 13.0. The first kappa shape index (κ1) is 14.4. The lowest BCUT2D eigenvalue weighted by molar-refractivity contribution is 0.0468. The number of hydrogen-bond acceptors (Lipinski definition) is 6. The van der Waals surface area contributed by atoms with Gasteiger partial charge in [0.15, 0.2) is 0 Å². The Balaban J connectivity index is 1.62. The molecule has 0 aliphatic rings. The largest absolute Gasteiger partial charge is 0.456 e. The molecule has 0 aliphatic heterocycles. The zero-order chi connectivity index (χ0) is 15.4. The van der Waals surface area contributed by atoms with Gasteiger partial charge in [-0.3, -0.25) is 0 Å². The highest BCUT2D eigenvalue weighted by molar-refractivity contribution is 7.14. The van der Waals surface area contributed by atoms with E-state index in [0.29, 0.717) is 11.1 Å². The second-order valence-electron chi connectivity index (χ2n) is 4.42. The van der Waals surface area contributed by atoms with Crippen molar-refractivity contribution in [3.05, 3.63) is 63.3 Å². The number of thiazole rings is 1. The predicted molar refractivity (Wildman–Crippen MR) is 85.7 cm³/mol. The van der Waals surface area contributed by atoms with E-state index in [1.54, 1.807) is 35.6 Å². The molecule has 0 aliphatic carbocycles. The number of esters is 1. The molecule has 3 aromatic rings. The molecule has 0 spiro atoms. The molecule has 0 fully saturated rings. The predicted octanol–water partition coefficient (Wildman–Crippen LogP) is 4.10. The van der Waals surface area contributed by atoms with E-state index in [9.17, 15) is 4.79 Å². The highest BCUT2D eigenvalue weighted by atomic mass is 32.1. The van der Waals surface area contributed by atoms with Crippen LogP contribution in [0.25, 0.3) is 10.6 Å². The third-order valence-corrected chi connectivity index (χ3v) is 4.54. The summed E-state index contributed by atoms with van der Waals surface area (Å²) < 4.78 is 5.24. The van der Waals surface area contributed by atoms with Gasteiger partial charge in [-0.05, 0) is 35.7 Å². The first-order valence-electron chi connectivity index (χ1n) is 6.40. The van der Waals surface area contributed by atoms with Crippen molar-refractivity contribution < 1.29 is 9.53 Å². The molecule has 0 saturated carbocycles. The van der Waals surface area contributed by atoms with Crippen LogP contribution >= 0.6 is 22.7 Å². The van der Waals surface area contributed by atoms with Gasteiger partial charge < -0.3 is 4.74 Å². The fourth-order valence-corrected chi connectivity index (χ4v) is 3.31. The second-order valence-corrected chi connectivity index (χ2v) is 6.06. The Morgan fingerprint density at radius 3 is 2.73 bits per heavy atom. The maximum Gasteiger partial charge on any atom is 0.338 e. The summed E-state index contributed by atoms with van der Waals surface area (Å²) in [5.74, 6) is -0.422. The molecule has 0 amide bonds. The van der Waals surface area contributed by atoms with Gasteiger partial charge in [0.25, 0.3) is 0 Å². The van der Waals surface area contributed by atoms with Gasteiger partial charge >= 0.3 is 5.97 Å². The van der Waals surface area contributed by atoms with E-state index in [4.69, 9.17) is 10.00 Å². The van der Waals surface area contributed by atoms with Crippen LogP contribution in [0.2, 0.25) is 0 Å². The van der Waals surface area contributed by atoms with Gasteiger partial charge in [-0.2, -0.15) is 16.6 Å². The molecule has 4 nitrogen and oxygen atoms in total. The van der Waals surface area contributed by atoms with Crippen LogP contribution in [0, 0.1) is 11.3 Å². The smallest absolute Gasteiger partial charge is 0.338 e. The Morgan fingerprint density at radius 1 is 1.23 bits per heavy atom. The summed E-state index contributed by atoms with van der Waals surface area (Å²) in [6.07, 6.45) is 0. The van der Waals surface area contributed by atoms with E-state index in [1.165, 1.54) is 11.3 Å². The van der Waals surface area contributed by atoms with Crippen molar-refractivity contribution in [2.75, 3.05) is 0 Å². The van der Waals surface area contributed by atoms with Crippen molar-refractivity contribution >= 4 is 28.6 Å². The molecule has 22 heavy (non-hydrogen) atoms.